The maximum Gasteiger partial charge on any atom is 0.303 e. The van der Waals surface area contributed by atoms with Gasteiger partial charge in [-0.2, -0.15) is 12.7 Å². The standard InChI is InChI=1S/C32H38N4O6S/c1-34-13-15-42-16-14-35(2)43(39,40)33-31(37)22-9-11-27-28(19-22)36-20-24(32(34)38)17-23-18-25(41-3)10-12-26(23)30(36)29(27)21-7-5-4-6-8-21/h9-12,17-19,21H,4-8,13-16,20H2,1-3H3,(H,33,37)/i1D3,2D3,3D3,4D2,13D2,14D2,15D2,16D2,20D2. The number of amides is 2. The molecule has 6 rings (SSSR count). The van der Waals surface area contributed by atoms with Crippen molar-refractivity contribution in [2.45, 2.75) is 44.5 Å². The number of hydrogen-bond acceptors (Lipinski definition) is 6. The first-order chi connectivity index (χ1) is 28.7. The molecule has 10 nitrogen and oxygen atoms in total. The molecular formula is C32H38N4O6S. The van der Waals surface area contributed by atoms with Crippen LogP contribution in [0, 0.1) is 0 Å². The van der Waals surface area contributed by atoms with Gasteiger partial charge in [-0.15, -0.1) is 0 Å². The van der Waals surface area contributed by atoms with Gasteiger partial charge in [0, 0.05) is 68.3 Å². The van der Waals surface area contributed by atoms with Crippen LogP contribution >= 0.6 is 0 Å². The summed E-state index contributed by atoms with van der Waals surface area (Å²) >= 11 is 0. The second kappa shape index (κ2) is 11.8. The van der Waals surface area contributed by atoms with Crippen LogP contribution in [0.2, 0.25) is 0 Å². The SMILES string of the molecule is [2H]C1([2H])CCC(c2c3n4c5cc(ccc25)C(=O)NS(=O)(=O)N(C([2H])([2H])[2H])C([2H])([2H])C([2H])([2H])OC([2H])([2H])C([2H])([2H])N(C([2H])([2H])[2H])C(=O)C(=Cc2cc(OC([2H])([2H])[2H])ccc2-3)C4([2H])[2H])CC1. The van der Waals surface area contributed by atoms with E-state index in [1.165, 1.54) is 16.9 Å². The average Bonchev–Trinajstić information content (AvgIpc) is 3.37. The molecule has 4 bridgehead atoms. The summed E-state index contributed by atoms with van der Waals surface area (Å²) in [7, 11) is -9.23. The van der Waals surface area contributed by atoms with Crippen molar-refractivity contribution in [2.75, 3.05) is 47.1 Å². The minimum Gasteiger partial charge on any atom is -0.497 e. The van der Waals surface area contributed by atoms with Crippen LogP contribution in [0.15, 0.2) is 42.0 Å². The lowest BCUT2D eigenvalue weighted by molar-refractivity contribution is -0.126. The Bertz CT molecular complexity index is 2560. The number of nitrogens with one attached hydrogen (secondary N) is 1. The van der Waals surface area contributed by atoms with E-state index in [9.17, 15) is 20.7 Å². The molecule has 1 aliphatic carbocycles. The van der Waals surface area contributed by atoms with Crippen LogP contribution in [0.4, 0.5) is 0 Å². The van der Waals surface area contributed by atoms with Crippen molar-refractivity contribution in [3.05, 3.63) is 58.7 Å². The van der Waals surface area contributed by atoms with Crippen molar-refractivity contribution in [3.63, 3.8) is 0 Å². The first kappa shape index (κ1) is 13.5. The van der Waals surface area contributed by atoms with Crippen LogP contribution in [0.1, 0.15) is 88.2 Å². The Morgan fingerprint density at radius 3 is 2.70 bits per heavy atom. The summed E-state index contributed by atoms with van der Waals surface area (Å²) < 4.78 is 213. The average molecular weight is 628 g/mol. The molecule has 3 heterocycles. The third-order valence-electron chi connectivity index (χ3n) is 7.25. The molecule has 1 saturated carbocycles. The van der Waals surface area contributed by atoms with Crippen molar-refractivity contribution in [2.24, 2.45) is 0 Å². The highest BCUT2D eigenvalue weighted by molar-refractivity contribution is 7.87. The van der Waals surface area contributed by atoms with Crippen LogP contribution < -0.4 is 9.46 Å². The molecule has 0 atom stereocenters. The van der Waals surface area contributed by atoms with E-state index in [-0.39, 0.29) is 59.0 Å². The summed E-state index contributed by atoms with van der Waals surface area (Å²) in [5.41, 5.74) is -2.51. The summed E-state index contributed by atoms with van der Waals surface area (Å²) in [5.74, 6) is -4.92. The van der Waals surface area contributed by atoms with E-state index < -0.39 is 114 Å². The van der Waals surface area contributed by atoms with Crippen LogP contribution in [-0.2, 0) is 26.2 Å². The van der Waals surface area contributed by atoms with Gasteiger partial charge in [0.05, 0.1) is 47.4 Å². The number of carbonyl (C=O) groups is 2. The number of hydrogen-bond donors (Lipinski definition) is 1. The summed E-state index contributed by atoms with van der Waals surface area (Å²) in [4.78, 5) is 28.0. The number of carbonyl (C=O) groups excluding carboxylic acids is 2. The van der Waals surface area contributed by atoms with Crippen molar-refractivity contribution in [3.8, 4) is 17.0 Å². The van der Waals surface area contributed by atoms with Crippen molar-refractivity contribution in [1.82, 2.24) is 18.5 Å². The van der Waals surface area contributed by atoms with E-state index in [4.69, 9.17) is 30.8 Å². The lowest BCUT2D eigenvalue weighted by atomic mass is 9.81. The largest absolute Gasteiger partial charge is 0.497 e. The molecule has 43 heavy (non-hydrogen) atoms. The summed E-state index contributed by atoms with van der Waals surface area (Å²) in [6, 6.07) is 6.56. The number of benzene rings is 2. The number of ether oxygens (including phenoxy) is 2. The molecule has 1 fully saturated rings. The Hall–Kier alpha value is -3.67. The van der Waals surface area contributed by atoms with Crippen LogP contribution in [0.5, 0.6) is 5.75 Å². The zero-order valence-corrected chi connectivity index (χ0v) is 23.0. The van der Waals surface area contributed by atoms with Crippen LogP contribution in [0.25, 0.3) is 28.2 Å². The molecule has 3 aliphatic rings. The molecule has 228 valence electrons. The van der Waals surface area contributed by atoms with Gasteiger partial charge in [0.15, 0.2) is 0 Å². The van der Waals surface area contributed by atoms with E-state index >= 15 is 0 Å². The minimum absolute atomic E-state index is 0.00662. The molecular weight excluding hydrogens is 568 g/mol. The second-order valence-corrected chi connectivity index (χ2v) is 11.3. The highest BCUT2D eigenvalue weighted by Crippen LogP contribution is 2.47. The smallest absolute Gasteiger partial charge is 0.303 e. The van der Waals surface area contributed by atoms with E-state index in [0.717, 1.165) is 28.8 Å². The maximum absolute atomic E-state index is 15.0. The molecule has 1 aromatic heterocycles. The maximum atomic E-state index is 15.0. The highest BCUT2D eigenvalue weighted by atomic mass is 32.2. The predicted octanol–water partition coefficient (Wildman–Crippen LogP) is 4.16. The summed E-state index contributed by atoms with van der Waals surface area (Å²) in [6.07, 6.45) is -0.677. The molecule has 0 saturated heterocycles. The third kappa shape index (κ3) is 5.57. The van der Waals surface area contributed by atoms with Gasteiger partial charge in [0.2, 0.25) is 0 Å². The Morgan fingerprint density at radius 2 is 1.91 bits per heavy atom. The van der Waals surface area contributed by atoms with E-state index in [2.05, 4.69) is 4.74 Å². The lowest BCUT2D eigenvalue weighted by Gasteiger charge is -2.24. The molecule has 2 amide bonds. The second-order valence-electron chi connectivity index (χ2n) is 9.75. The Balaban J connectivity index is 1.80. The zero-order valence-electron chi connectivity index (χ0n) is 43.1. The lowest BCUT2D eigenvalue weighted by Crippen LogP contribution is -2.42. The molecule has 1 N–H and O–H groups in total. The van der Waals surface area contributed by atoms with Gasteiger partial charge < -0.3 is 18.9 Å². The van der Waals surface area contributed by atoms with Crippen LogP contribution in [-0.4, -0.2) is 81.1 Å². The fourth-order valence-electron chi connectivity index (χ4n) is 5.33. The fraction of sp³-hybridized carbons (Fsp3) is 0.438. The minimum atomic E-state index is -6.15. The Morgan fingerprint density at radius 1 is 1.07 bits per heavy atom. The first-order valence-electron chi connectivity index (χ1n) is 23.3. The number of methoxy groups -OCH3 is 1. The molecule has 2 aromatic carbocycles. The predicted molar refractivity (Wildman–Crippen MR) is 165 cm³/mol. The van der Waals surface area contributed by atoms with Gasteiger partial charge in [-0.3, -0.25) is 9.59 Å². The topological polar surface area (TPSA) is 110 Å². The van der Waals surface area contributed by atoms with E-state index in [0.29, 0.717) is 6.08 Å². The number of rotatable bonds is 2. The quantitative estimate of drug-likeness (QED) is 0.457. The summed E-state index contributed by atoms with van der Waals surface area (Å²) in [5, 5.41) is 0.0903. The molecule has 3 aromatic rings. The first-order valence-corrected chi connectivity index (χ1v) is 14.3. The molecule has 0 spiro atoms. The van der Waals surface area contributed by atoms with E-state index in [1.807, 2.05) is 0 Å². The molecule has 11 heteroatoms. The zero-order chi connectivity index (χ0) is 48.6. The highest BCUT2D eigenvalue weighted by Gasteiger charge is 2.31. The number of likely N-dealkylation sites (N-methyl/N-ethyl adjacent to an activating group) is 2. The van der Waals surface area contributed by atoms with Gasteiger partial charge in [0.1, 0.15) is 5.75 Å². The monoisotopic (exact) mass is 627 g/mol. The third-order valence-corrected chi connectivity index (χ3v) is 8.26. The van der Waals surface area contributed by atoms with Gasteiger partial charge >= 0.3 is 10.2 Å². The normalized spacial score (nSPS) is 35.6. The fourth-order valence-corrected chi connectivity index (χ4v) is 5.93. The van der Waals surface area contributed by atoms with Crippen molar-refractivity contribution in [1.29, 1.82) is 0 Å². The van der Waals surface area contributed by atoms with Crippen molar-refractivity contribution < 1.29 is 56.3 Å². The van der Waals surface area contributed by atoms with Crippen molar-refractivity contribution >= 4 is 39.0 Å². The summed E-state index contributed by atoms with van der Waals surface area (Å²) in [6.45, 7) is -30.3. The van der Waals surface area contributed by atoms with Gasteiger partial charge in [-0.1, -0.05) is 25.3 Å². The van der Waals surface area contributed by atoms with E-state index in [1.54, 1.807) is 0 Å². The molecule has 0 unspecified atom stereocenters. The number of aromatic nitrogens is 1. The number of nitrogens with zero attached hydrogens (tertiary/aromatic N) is 3. The van der Waals surface area contributed by atoms with Crippen LogP contribution in [0.3, 0.4) is 0 Å². The Kier molecular flexibility index (Phi) is 3.71. The molecule has 2 aliphatic heterocycles. The molecule has 0 radical (unpaired) electrons. The van der Waals surface area contributed by atoms with Gasteiger partial charge in [0.25, 0.3) is 11.8 Å². The Labute approximate surface area is 281 Å². The van der Waals surface area contributed by atoms with Gasteiger partial charge in [-0.05, 0) is 66.3 Å². The van der Waals surface area contributed by atoms with Gasteiger partial charge in [-0.25, -0.2) is 4.72 Å². The number of fused-ring (bicyclic) bond motifs is 4.